The number of rotatable bonds is 2. The molecule has 0 radical (unpaired) electrons. The number of primary sulfonamides is 1. The van der Waals surface area contributed by atoms with Crippen molar-refractivity contribution in [3.8, 4) is 0 Å². The van der Waals surface area contributed by atoms with E-state index in [0.717, 1.165) is 3.93 Å². The zero-order valence-electron chi connectivity index (χ0n) is 6.84. The Kier molecular flexibility index (Phi) is 3.19. The van der Waals surface area contributed by atoms with Gasteiger partial charge in [0.05, 0.1) is 16.1 Å². The molecule has 0 aromatic carbocycles. The van der Waals surface area contributed by atoms with Crippen LogP contribution < -0.4 is 9.06 Å². The van der Waals surface area contributed by atoms with Crippen LogP contribution in [0.3, 0.4) is 0 Å². The molecule has 0 bridgehead atoms. The van der Waals surface area contributed by atoms with Crippen LogP contribution in [0, 0.1) is 0 Å². The molecule has 0 fully saturated rings. The van der Waals surface area contributed by atoms with E-state index >= 15 is 0 Å². The van der Waals surface area contributed by atoms with E-state index in [4.69, 9.17) is 5.14 Å². The largest absolute Gasteiger partial charge is 0.274 e. The molecule has 14 heavy (non-hydrogen) atoms. The molecule has 0 unspecified atom stereocenters. The van der Waals surface area contributed by atoms with E-state index < -0.39 is 10.0 Å². The van der Waals surface area contributed by atoms with E-state index in [1.54, 1.807) is 0 Å². The van der Waals surface area contributed by atoms with Gasteiger partial charge in [0.1, 0.15) is 0 Å². The lowest BCUT2D eigenvalue weighted by Gasteiger charge is -2.04. The molecule has 0 spiro atoms. The Morgan fingerprint density at radius 3 is 2.50 bits per heavy atom. The second kappa shape index (κ2) is 3.88. The molecule has 10 heteroatoms. The molecule has 1 heterocycles. The third-order valence-electron chi connectivity index (χ3n) is 1.08. The highest BCUT2D eigenvalue weighted by Gasteiger charge is 2.19. The van der Waals surface area contributed by atoms with E-state index in [1.165, 1.54) is 6.92 Å². The van der Waals surface area contributed by atoms with E-state index in [9.17, 15) is 13.2 Å². The smallest absolute Gasteiger partial charge is 0.267 e. The summed E-state index contributed by atoms with van der Waals surface area (Å²) in [5, 5.41) is 11.7. The first-order valence-electron chi connectivity index (χ1n) is 3.15. The zero-order valence-corrected chi connectivity index (χ0v) is 10.1. The minimum Gasteiger partial charge on any atom is -0.274 e. The van der Waals surface area contributed by atoms with Crippen molar-refractivity contribution in [2.45, 2.75) is 11.3 Å². The third-order valence-corrected chi connectivity index (χ3v) is 4.37. The zero-order chi connectivity index (χ0) is 10.9. The van der Waals surface area contributed by atoms with Crippen molar-refractivity contribution in [2.75, 3.05) is 3.93 Å². The van der Waals surface area contributed by atoms with Crippen molar-refractivity contribution in [2.24, 2.45) is 5.14 Å². The van der Waals surface area contributed by atoms with Crippen molar-refractivity contribution in [3.05, 3.63) is 0 Å². The van der Waals surface area contributed by atoms with Gasteiger partial charge in [-0.1, -0.05) is 11.3 Å². The van der Waals surface area contributed by atoms with Crippen molar-refractivity contribution in [3.63, 3.8) is 0 Å². The average molecular weight is 301 g/mol. The molecule has 1 amide bonds. The lowest BCUT2D eigenvalue weighted by atomic mass is 10.7. The summed E-state index contributed by atoms with van der Waals surface area (Å²) < 4.78 is 22.3. The fourth-order valence-electron chi connectivity index (χ4n) is 0.532. The molecule has 1 aromatic rings. The molecule has 0 aliphatic rings. The van der Waals surface area contributed by atoms with Crippen molar-refractivity contribution >= 4 is 48.5 Å². The minimum atomic E-state index is -3.86. The Morgan fingerprint density at radius 2 is 2.14 bits per heavy atom. The van der Waals surface area contributed by atoms with Crippen molar-refractivity contribution in [1.82, 2.24) is 10.2 Å². The van der Waals surface area contributed by atoms with Crippen LogP contribution in [0.4, 0.5) is 5.13 Å². The normalized spacial score (nSPS) is 11.4. The Bertz CT molecular complexity index is 455. The topological polar surface area (TPSA) is 106 Å². The summed E-state index contributed by atoms with van der Waals surface area (Å²) in [5.41, 5.74) is 0. The third kappa shape index (κ3) is 2.47. The second-order valence-corrected chi connectivity index (χ2v) is 5.60. The molecule has 2 N–H and O–H groups in total. The van der Waals surface area contributed by atoms with Gasteiger partial charge in [0.2, 0.25) is 15.4 Å². The van der Waals surface area contributed by atoms with E-state index in [1.807, 2.05) is 0 Å². The molecule has 0 saturated carbocycles. The molecule has 7 nitrogen and oxygen atoms in total. The van der Waals surface area contributed by atoms with Gasteiger partial charge in [-0.3, -0.25) is 4.79 Å². The lowest BCUT2D eigenvalue weighted by Crippen LogP contribution is -2.15. The molecule has 0 saturated heterocycles. The number of hydrogen-bond acceptors (Lipinski definition) is 6. The summed E-state index contributed by atoms with van der Waals surface area (Å²) in [5.74, 6) is -0.345. The van der Waals surface area contributed by atoms with E-state index in [2.05, 4.69) is 26.3 Å². The van der Waals surface area contributed by atoms with Gasteiger partial charge in [0, 0.05) is 6.92 Å². The second-order valence-electron chi connectivity index (χ2n) is 2.20. The first kappa shape index (κ1) is 11.5. The molecular weight excluding hydrogens is 296 g/mol. The number of nitrogens with two attached hydrogens (primary N) is 1. The summed E-state index contributed by atoms with van der Waals surface area (Å²) in [6, 6.07) is 0. The molecule has 0 aliphatic heterocycles. The van der Waals surface area contributed by atoms with E-state index in [-0.39, 0.29) is 15.4 Å². The summed E-state index contributed by atoms with van der Waals surface area (Å²) in [6.45, 7) is 1.28. The van der Waals surface area contributed by atoms with Gasteiger partial charge < -0.3 is 0 Å². The Labute approximate surface area is 92.3 Å². The van der Waals surface area contributed by atoms with Crippen LogP contribution >= 0.6 is 27.5 Å². The Morgan fingerprint density at radius 1 is 1.57 bits per heavy atom. The number of sulfonamides is 1. The summed E-state index contributed by atoms with van der Waals surface area (Å²) in [7, 11) is -3.86. The highest BCUT2D eigenvalue weighted by molar-refractivity contribution is 9.10. The molecule has 1 rings (SSSR count). The number of amides is 1. The SMILES string of the molecule is CC(=O)N(Br)c1nnc(S(N)(=O)=O)s1. The van der Waals surface area contributed by atoms with Crippen LogP contribution in [-0.2, 0) is 14.8 Å². The van der Waals surface area contributed by atoms with Crippen LogP contribution in [-0.4, -0.2) is 24.5 Å². The highest BCUT2D eigenvalue weighted by Crippen LogP contribution is 2.24. The van der Waals surface area contributed by atoms with Gasteiger partial charge >= 0.3 is 0 Å². The average Bonchev–Trinajstić information content (AvgIpc) is 2.49. The number of carbonyl (C=O) groups is 1. The number of halogens is 1. The quantitative estimate of drug-likeness (QED) is 0.604. The fraction of sp³-hybridized carbons (Fsp3) is 0.250. The Hall–Kier alpha value is -0.580. The maximum Gasteiger partial charge on any atom is 0.267 e. The van der Waals surface area contributed by atoms with Crippen LogP contribution in [0.1, 0.15) is 6.92 Å². The summed E-state index contributed by atoms with van der Waals surface area (Å²) in [4.78, 5) is 10.8. The first-order valence-corrected chi connectivity index (χ1v) is 6.22. The van der Waals surface area contributed by atoms with Gasteiger partial charge in [0.15, 0.2) is 0 Å². The molecule has 78 valence electrons. The van der Waals surface area contributed by atoms with E-state index in [0.29, 0.717) is 11.3 Å². The van der Waals surface area contributed by atoms with Crippen LogP contribution in [0.2, 0.25) is 0 Å². The van der Waals surface area contributed by atoms with Crippen LogP contribution in [0.5, 0.6) is 0 Å². The van der Waals surface area contributed by atoms with Gasteiger partial charge in [-0.05, 0) is 0 Å². The Balaban J connectivity index is 3.06. The lowest BCUT2D eigenvalue weighted by molar-refractivity contribution is -0.115. The maximum atomic E-state index is 10.8. The molecule has 0 atom stereocenters. The van der Waals surface area contributed by atoms with Crippen molar-refractivity contribution < 1.29 is 13.2 Å². The van der Waals surface area contributed by atoms with Gasteiger partial charge in [-0.2, -0.15) is 0 Å². The number of hydrogen-bond donors (Lipinski definition) is 1. The van der Waals surface area contributed by atoms with Crippen LogP contribution in [0.15, 0.2) is 4.34 Å². The summed E-state index contributed by atoms with van der Waals surface area (Å²) in [6.07, 6.45) is 0. The van der Waals surface area contributed by atoms with Gasteiger partial charge in [0.25, 0.3) is 10.0 Å². The minimum absolute atomic E-state index is 0.113. The van der Waals surface area contributed by atoms with Gasteiger partial charge in [-0.25, -0.2) is 17.5 Å². The molecule has 1 aromatic heterocycles. The number of aromatic nitrogens is 2. The summed E-state index contributed by atoms with van der Waals surface area (Å²) >= 11 is 3.59. The molecular formula is C4H5BrN4O3S2. The number of carbonyl (C=O) groups excluding carboxylic acids is 1. The van der Waals surface area contributed by atoms with Crippen molar-refractivity contribution in [1.29, 1.82) is 0 Å². The predicted octanol–water partition coefficient (Wildman–Crippen LogP) is -0.152. The maximum absolute atomic E-state index is 10.8. The molecule has 0 aliphatic carbocycles. The first-order chi connectivity index (χ1) is 6.32. The van der Waals surface area contributed by atoms with Crippen LogP contribution in [0.25, 0.3) is 0 Å². The standard InChI is InChI=1S/C4H5BrN4O3S2/c1-2(10)9(5)3-7-8-4(13-3)14(6,11)12/h1H3,(H2,6,11,12). The highest BCUT2D eigenvalue weighted by atomic mass is 79.9. The number of nitrogens with zero attached hydrogens (tertiary/aromatic N) is 3. The monoisotopic (exact) mass is 300 g/mol. The number of anilines is 1. The predicted molar refractivity (Wildman–Crippen MR) is 53.4 cm³/mol. The fourth-order valence-corrected chi connectivity index (χ4v) is 2.19. The van der Waals surface area contributed by atoms with Gasteiger partial charge in [-0.15, -0.1) is 10.2 Å².